The molecule has 0 amide bonds. The Balaban J connectivity index is 1.63. The van der Waals surface area contributed by atoms with Crippen LogP contribution in [0.15, 0.2) is 66.1 Å². The molecule has 11 heteroatoms. The smallest absolute Gasteiger partial charge is 0.257 e. The number of anilines is 2. The maximum absolute atomic E-state index is 14.6. The number of nitrogens with zero attached hydrogens (tertiary/aromatic N) is 6. The van der Waals surface area contributed by atoms with E-state index in [9.17, 15) is 12.8 Å². The van der Waals surface area contributed by atoms with E-state index in [-0.39, 0.29) is 5.03 Å². The molecule has 5 aromatic rings. The largest absolute Gasteiger partial charge is 0.329 e. The molecule has 0 spiro atoms. The van der Waals surface area contributed by atoms with Gasteiger partial charge in [-0.3, -0.25) is 4.40 Å². The fourth-order valence-corrected chi connectivity index (χ4v) is 4.33. The van der Waals surface area contributed by atoms with Gasteiger partial charge in [-0.25, -0.2) is 17.8 Å². The molecule has 0 N–H and O–H groups in total. The molecule has 0 bridgehead atoms. The van der Waals surface area contributed by atoms with Crippen molar-refractivity contribution in [2.75, 3.05) is 18.2 Å². The van der Waals surface area contributed by atoms with E-state index in [2.05, 4.69) is 20.2 Å². The first kappa shape index (κ1) is 21.2. The van der Waals surface area contributed by atoms with Gasteiger partial charge in [-0.1, -0.05) is 11.6 Å². The van der Waals surface area contributed by atoms with Crippen LogP contribution in [0.2, 0.25) is 5.02 Å². The molecular formula is C22H16ClFN6O2S. The lowest BCUT2D eigenvalue weighted by Gasteiger charge is -2.21. The first-order chi connectivity index (χ1) is 15.7. The van der Waals surface area contributed by atoms with Crippen LogP contribution < -0.4 is 4.90 Å². The Kier molecular flexibility index (Phi) is 4.98. The Morgan fingerprint density at radius 3 is 2.61 bits per heavy atom. The third-order valence-electron chi connectivity index (χ3n) is 5.23. The number of aromatic nitrogens is 5. The van der Waals surface area contributed by atoms with Gasteiger partial charge < -0.3 is 4.90 Å². The van der Waals surface area contributed by atoms with Gasteiger partial charge in [0.15, 0.2) is 14.9 Å². The maximum Gasteiger partial charge on any atom is 0.257 e. The van der Waals surface area contributed by atoms with Crippen molar-refractivity contribution >= 4 is 49.6 Å². The number of benzene rings is 2. The van der Waals surface area contributed by atoms with E-state index in [0.29, 0.717) is 33.4 Å². The van der Waals surface area contributed by atoms with Crippen molar-refractivity contribution in [3.63, 3.8) is 0 Å². The van der Waals surface area contributed by atoms with Crippen molar-refractivity contribution in [1.82, 2.24) is 24.6 Å². The summed E-state index contributed by atoms with van der Waals surface area (Å²) in [4.78, 5) is 10.4. The van der Waals surface area contributed by atoms with Crippen LogP contribution in [0.5, 0.6) is 0 Å². The maximum atomic E-state index is 14.6. The second-order valence-electron chi connectivity index (χ2n) is 7.51. The fraction of sp³-hybridized carbons (Fsp3) is 0.0909. The Bertz CT molecular complexity index is 1640. The third-order valence-corrected chi connectivity index (χ3v) is 6.47. The summed E-state index contributed by atoms with van der Waals surface area (Å²) in [6, 6.07) is 12.9. The molecule has 33 heavy (non-hydrogen) atoms. The number of hydrogen-bond donors (Lipinski definition) is 0. The van der Waals surface area contributed by atoms with Gasteiger partial charge >= 0.3 is 0 Å². The summed E-state index contributed by atoms with van der Waals surface area (Å²) in [6.45, 7) is 0. The average molecular weight is 483 g/mol. The lowest BCUT2D eigenvalue weighted by atomic mass is 10.1. The summed E-state index contributed by atoms with van der Waals surface area (Å²) in [7, 11) is -1.66. The molecule has 0 aliphatic heterocycles. The first-order valence-electron chi connectivity index (χ1n) is 9.70. The first-order valence-corrected chi connectivity index (χ1v) is 12.0. The van der Waals surface area contributed by atoms with Crippen LogP contribution >= 0.6 is 11.6 Å². The predicted molar refractivity (Wildman–Crippen MR) is 124 cm³/mol. The zero-order chi connectivity index (χ0) is 23.3. The Labute approximate surface area is 193 Å². The number of hydrogen-bond acceptors (Lipinski definition) is 7. The van der Waals surface area contributed by atoms with Crippen LogP contribution in [-0.4, -0.2) is 46.3 Å². The highest BCUT2D eigenvalue weighted by Crippen LogP contribution is 2.34. The van der Waals surface area contributed by atoms with Crippen molar-refractivity contribution in [3.8, 4) is 11.1 Å². The number of pyridine rings is 1. The van der Waals surface area contributed by atoms with E-state index in [1.54, 1.807) is 46.9 Å². The molecular weight excluding hydrogens is 467 g/mol. The van der Waals surface area contributed by atoms with Gasteiger partial charge in [0.1, 0.15) is 18.0 Å². The molecule has 0 saturated heterocycles. The molecule has 166 valence electrons. The average Bonchev–Trinajstić information content (AvgIpc) is 3.26. The summed E-state index contributed by atoms with van der Waals surface area (Å²) >= 11 is 6.20. The van der Waals surface area contributed by atoms with Gasteiger partial charge in [0.25, 0.3) is 5.78 Å². The fourth-order valence-electron chi connectivity index (χ4n) is 3.61. The second kappa shape index (κ2) is 7.75. The minimum Gasteiger partial charge on any atom is -0.329 e. The molecule has 2 aromatic carbocycles. The van der Waals surface area contributed by atoms with Crippen LogP contribution in [0.1, 0.15) is 0 Å². The van der Waals surface area contributed by atoms with Crippen molar-refractivity contribution in [2.24, 2.45) is 0 Å². The molecule has 3 aromatic heterocycles. The minimum absolute atomic E-state index is 0.0454. The normalized spacial score (nSPS) is 11.9. The van der Waals surface area contributed by atoms with Crippen LogP contribution in [0.4, 0.5) is 15.9 Å². The lowest BCUT2D eigenvalue weighted by molar-refractivity contribution is 0.598. The quantitative estimate of drug-likeness (QED) is 0.377. The van der Waals surface area contributed by atoms with Crippen LogP contribution in [0.25, 0.3) is 27.8 Å². The number of sulfone groups is 1. The molecule has 0 unspecified atom stereocenters. The number of fused-ring (bicyclic) bond motifs is 3. The van der Waals surface area contributed by atoms with Crippen LogP contribution in [0, 0.1) is 5.82 Å². The second-order valence-corrected chi connectivity index (χ2v) is 9.91. The molecule has 8 nitrogen and oxygen atoms in total. The van der Waals surface area contributed by atoms with Gasteiger partial charge in [0, 0.05) is 41.2 Å². The molecule has 0 aliphatic rings. The molecule has 0 fully saturated rings. The van der Waals surface area contributed by atoms with Gasteiger partial charge in [0.05, 0.1) is 5.52 Å². The molecule has 0 aliphatic carbocycles. The minimum atomic E-state index is -3.43. The van der Waals surface area contributed by atoms with E-state index in [0.717, 1.165) is 17.2 Å². The van der Waals surface area contributed by atoms with Crippen molar-refractivity contribution in [1.29, 1.82) is 0 Å². The van der Waals surface area contributed by atoms with E-state index in [4.69, 9.17) is 11.6 Å². The zero-order valence-corrected chi connectivity index (χ0v) is 19.0. The van der Waals surface area contributed by atoms with E-state index < -0.39 is 15.7 Å². The summed E-state index contributed by atoms with van der Waals surface area (Å²) in [6.07, 6.45) is 4.05. The predicted octanol–water partition coefficient (Wildman–Crippen LogP) is 4.30. The SMILES string of the molecule is CN(c1cc(F)cc(-c2ccc(S(C)(=O)=O)nc2)c1)c1nc2nncn2c2cc(Cl)ccc12. The Morgan fingerprint density at radius 1 is 1.06 bits per heavy atom. The van der Waals surface area contributed by atoms with Gasteiger partial charge in [-0.15, -0.1) is 10.2 Å². The topological polar surface area (TPSA) is 93.4 Å². The Hall–Kier alpha value is -3.63. The van der Waals surface area contributed by atoms with E-state index >= 15 is 0 Å². The highest BCUT2D eigenvalue weighted by Gasteiger charge is 2.17. The van der Waals surface area contributed by atoms with Crippen LogP contribution in [0.3, 0.4) is 0 Å². The summed E-state index contributed by atoms with van der Waals surface area (Å²) in [5.41, 5.74) is 2.41. The Morgan fingerprint density at radius 2 is 1.88 bits per heavy atom. The zero-order valence-electron chi connectivity index (χ0n) is 17.4. The molecule has 0 saturated carbocycles. The van der Waals surface area contributed by atoms with Crippen molar-refractivity contribution in [3.05, 3.63) is 71.9 Å². The lowest BCUT2D eigenvalue weighted by Crippen LogP contribution is -2.13. The van der Waals surface area contributed by atoms with E-state index in [1.807, 2.05) is 6.07 Å². The molecule has 0 atom stereocenters. The van der Waals surface area contributed by atoms with Crippen LogP contribution in [-0.2, 0) is 9.84 Å². The third kappa shape index (κ3) is 3.87. The standard InChI is InChI=1S/C22H16ClFN6O2S/c1-29(21-18-5-4-15(23)9-19(18)30-12-26-28-22(30)27-21)17-8-14(7-16(24)10-17)13-3-6-20(25-11-13)33(2,31)32/h3-12H,1-2H3. The monoisotopic (exact) mass is 482 g/mol. The summed E-state index contributed by atoms with van der Waals surface area (Å²) < 4.78 is 39.7. The highest BCUT2D eigenvalue weighted by atomic mass is 35.5. The molecule has 0 radical (unpaired) electrons. The van der Waals surface area contributed by atoms with Crippen molar-refractivity contribution < 1.29 is 12.8 Å². The number of halogens is 2. The summed E-state index contributed by atoms with van der Waals surface area (Å²) in [5, 5.41) is 9.26. The number of rotatable bonds is 4. The molecule has 5 rings (SSSR count). The highest BCUT2D eigenvalue weighted by molar-refractivity contribution is 7.90. The van der Waals surface area contributed by atoms with Gasteiger partial charge in [-0.05, 0) is 54.1 Å². The van der Waals surface area contributed by atoms with Gasteiger partial charge in [-0.2, -0.15) is 4.98 Å². The van der Waals surface area contributed by atoms with Crippen molar-refractivity contribution in [2.45, 2.75) is 5.03 Å². The molecule has 3 heterocycles. The summed E-state index contributed by atoms with van der Waals surface area (Å²) in [5.74, 6) is 0.463. The van der Waals surface area contributed by atoms with E-state index in [1.165, 1.54) is 24.4 Å². The van der Waals surface area contributed by atoms with Gasteiger partial charge in [0.2, 0.25) is 0 Å².